The molecule has 6 nitrogen and oxygen atoms in total. The minimum Gasteiger partial charge on any atom is -0.496 e. The SMILES string of the molecule is COc1ccc(F)cc1CN1CCN([C@@H](C)c2nnc(-c3cccc(C)c3)o2)CC1. The third-order valence-corrected chi connectivity index (χ3v) is 5.65. The Hall–Kier alpha value is -2.77. The Morgan fingerprint density at radius 3 is 2.63 bits per heavy atom. The molecule has 0 spiro atoms. The van der Waals surface area contributed by atoms with Gasteiger partial charge < -0.3 is 9.15 Å². The zero-order valence-corrected chi connectivity index (χ0v) is 17.6. The molecule has 0 aliphatic carbocycles. The standard InChI is InChI=1S/C23H27FN4O2/c1-16-5-4-6-18(13-16)23-26-25-22(30-23)17(2)28-11-9-27(10-12-28)15-19-14-20(24)7-8-21(19)29-3/h4-8,13-14,17H,9-12,15H2,1-3H3/t17-/m0/s1. The highest BCUT2D eigenvalue weighted by Gasteiger charge is 2.26. The van der Waals surface area contributed by atoms with E-state index < -0.39 is 0 Å². The fourth-order valence-electron chi connectivity index (χ4n) is 3.87. The Kier molecular flexibility index (Phi) is 6.11. The number of hydrogen-bond acceptors (Lipinski definition) is 6. The van der Waals surface area contributed by atoms with Gasteiger partial charge in [-0.25, -0.2) is 4.39 Å². The molecule has 1 aromatic heterocycles. The minimum absolute atomic E-state index is 0.0434. The Labute approximate surface area is 176 Å². The lowest BCUT2D eigenvalue weighted by atomic mass is 10.1. The lowest BCUT2D eigenvalue weighted by molar-refractivity contribution is 0.0871. The van der Waals surface area contributed by atoms with E-state index in [0.29, 0.717) is 18.3 Å². The molecule has 0 bridgehead atoms. The van der Waals surface area contributed by atoms with Crippen molar-refractivity contribution in [2.24, 2.45) is 0 Å². The molecular formula is C23H27FN4O2. The second-order valence-electron chi connectivity index (χ2n) is 7.76. The fraction of sp³-hybridized carbons (Fsp3) is 0.391. The molecule has 1 aliphatic rings. The highest BCUT2D eigenvalue weighted by Crippen LogP contribution is 2.26. The summed E-state index contributed by atoms with van der Waals surface area (Å²) in [5, 5.41) is 8.52. The molecule has 0 unspecified atom stereocenters. The predicted molar refractivity (Wildman–Crippen MR) is 113 cm³/mol. The fourth-order valence-corrected chi connectivity index (χ4v) is 3.87. The van der Waals surface area contributed by atoms with Gasteiger partial charge in [0, 0.05) is 43.9 Å². The van der Waals surface area contributed by atoms with Gasteiger partial charge in [0.2, 0.25) is 11.8 Å². The second kappa shape index (κ2) is 8.93. The molecule has 2 heterocycles. The Bertz CT molecular complexity index is 998. The molecule has 2 aromatic carbocycles. The predicted octanol–water partition coefficient (Wildman–Crippen LogP) is 4.07. The topological polar surface area (TPSA) is 54.6 Å². The van der Waals surface area contributed by atoms with Crippen molar-refractivity contribution in [2.75, 3.05) is 33.3 Å². The summed E-state index contributed by atoms with van der Waals surface area (Å²) in [5.41, 5.74) is 2.97. The van der Waals surface area contributed by atoms with E-state index in [1.807, 2.05) is 31.2 Å². The summed E-state index contributed by atoms with van der Waals surface area (Å²) in [6.45, 7) is 8.32. The molecule has 0 saturated carbocycles. The van der Waals surface area contributed by atoms with Crippen molar-refractivity contribution >= 4 is 0 Å². The number of aryl methyl sites for hydroxylation is 1. The average molecular weight is 410 g/mol. The Morgan fingerprint density at radius 2 is 1.90 bits per heavy atom. The number of halogens is 1. The van der Waals surface area contributed by atoms with Crippen molar-refractivity contribution in [3.05, 3.63) is 65.3 Å². The number of hydrogen-bond donors (Lipinski definition) is 0. The molecule has 3 aromatic rings. The number of aromatic nitrogens is 2. The number of rotatable bonds is 6. The maximum Gasteiger partial charge on any atom is 0.247 e. The van der Waals surface area contributed by atoms with Gasteiger partial charge >= 0.3 is 0 Å². The van der Waals surface area contributed by atoms with E-state index in [1.54, 1.807) is 19.2 Å². The zero-order valence-electron chi connectivity index (χ0n) is 17.6. The van der Waals surface area contributed by atoms with Crippen LogP contribution in [0, 0.1) is 12.7 Å². The first-order valence-corrected chi connectivity index (χ1v) is 10.2. The van der Waals surface area contributed by atoms with Crippen LogP contribution in [0.5, 0.6) is 5.75 Å². The molecule has 0 amide bonds. The van der Waals surface area contributed by atoms with Gasteiger partial charge in [0.25, 0.3) is 0 Å². The van der Waals surface area contributed by atoms with E-state index in [2.05, 4.69) is 26.9 Å². The third kappa shape index (κ3) is 4.52. The minimum atomic E-state index is -0.237. The average Bonchev–Trinajstić information content (AvgIpc) is 3.24. The molecule has 1 atom stereocenters. The maximum absolute atomic E-state index is 13.6. The van der Waals surface area contributed by atoms with E-state index in [4.69, 9.17) is 9.15 Å². The molecule has 1 saturated heterocycles. The number of nitrogens with zero attached hydrogens (tertiary/aromatic N) is 4. The summed E-state index contributed by atoms with van der Waals surface area (Å²) in [5.74, 6) is 1.67. The van der Waals surface area contributed by atoms with Gasteiger partial charge in [-0.15, -0.1) is 10.2 Å². The van der Waals surface area contributed by atoms with Crippen LogP contribution >= 0.6 is 0 Å². The number of piperazine rings is 1. The summed E-state index contributed by atoms with van der Waals surface area (Å²) in [6, 6.07) is 12.8. The first-order valence-electron chi connectivity index (χ1n) is 10.2. The normalized spacial score (nSPS) is 16.5. The highest BCUT2D eigenvalue weighted by molar-refractivity contribution is 5.53. The Morgan fingerprint density at radius 1 is 1.10 bits per heavy atom. The van der Waals surface area contributed by atoms with Crippen molar-refractivity contribution in [1.82, 2.24) is 20.0 Å². The molecule has 1 fully saturated rings. The largest absolute Gasteiger partial charge is 0.496 e. The van der Waals surface area contributed by atoms with Crippen molar-refractivity contribution < 1.29 is 13.5 Å². The van der Waals surface area contributed by atoms with Gasteiger partial charge in [-0.3, -0.25) is 9.80 Å². The number of ether oxygens (including phenoxy) is 1. The van der Waals surface area contributed by atoms with Gasteiger partial charge in [-0.1, -0.05) is 17.7 Å². The van der Waals surface area contributed by atoms with Crippen LogP contribution in [-0.2, 0) is 6.54 Å². The first kappa shape index (κ1) is 20.5. The van der Waals surface area contributed by atoms with E-state index in [9.17, 15) is 4.39 Å². The van der Waals surface area contributed by atoms with Gasteiger partial charge in [0.1, 0.15) is 11.6 Å². The van der Waals surface area contributed by atoms with Crippen LogP contribution in [0.3, 0.4) is 0 Å². The Balaban J connectivity index is 1.37. The molecule has 7 heteroatoms. The molecule has 4 rings (SSSR count). The summed E-state index contributed by atoms with van der Waals surface area (Å²) in [6.07, 6.45) is 0. The van der Waals surface area contributed by atoms with Gasteiger partial charge in [0.05, 0.1) is 13.2 Å². The zero-order chi connectivity index (χ0) is 21.1. The van der Waals surface area contributed by atoms with Crippen molar-refractivity contribution in [3.8, 4) is 17.2 Å². The maximum atomic E-state index is 13.6. The first-order chi connectivity index (χ1) is 14.5. The number of methoxy groups -OCH3 is 1. The van der Waals surface area contributed by atoms with Crippen LogP contribution in [-0.4, -0.2) is 53.3 Å². The van der Waals surface area contributed by atoms with Crippen molar-refractivity contribution in [2.45, 2.75) is 26.4 Å². The van der Waals surface area contributed by atoms with Crippen molar-refractivity contribution in [3.63, 3.8) is 0 Å². The molecular weight excluding hydrogens is 383 g/mol. The van der Waals surface area contributed by atoms with E-state index >= 15 is 0 Å². The monoisotopic (exact) mass is 410 g/mol. The van der Waals surface area contributed by atoms with E-state index in [0.717, 1.165) is 48.6 Å². The lowest BCUT2D eigenvalue weighted by Crippen LogP contribution is -2.46. The number of benzene rings is 2. The summed E-state index contributed by atoms with van der Waals surface area (Å²) >= 11 is 0. The molecule has 30 heavy (non-hydrogen) atoms. The smallest absolute Gasteiger partial charge is 0.247 e. The quantitative estimate of drug-likeness (QED) is 0.611. The third-order valence-electron chi connectivity index (χ3n) is 5.65. The summed E-state index contributed by atoms with van der Waals surface area (Å²) in [7, 11) is 1.62. The van der Waals surface area contributed by atoms with Crippen LogP contribution in [0.25, 0.3) is 11.5 Å². The van der Waals surface area contributed by atoms with E-state index in [-0.39, 0.29) is 11.9 Å². The van der Waals surface area contributed by atoms with Crippen LogP contribution in [0.2, 0.25) is 0 Å². The summed E-state index contributed by atoms with van der Waals surface area (Å²) < 4.78 is 25.0. The van der Waals surface area contributed by atoms with Crippen LogP contribution in [0.15, 0.2) is 46.9 Å². The lowest BCUT2D eigenvalue weighted by Gasteiger charge is -2.37. The van der Waals surface area contributed by atoms with E-state index in [1.165, 1.54) is 6.07 Å². The van der Waals surface area contributed by atoms with Crippen molar-refractivity contribution in [1.29, 1.82) is 0 Å². The second-order valence-corrected chi connectivity index (χ2v) is 7.76. The van der Waals surface area contributed by atoms with Crippen LogP contribution in [0.1, 0.15) is 30.0 Å². The molecule has 0 N–H and O–H groups in total. The summed E-state index contributed by atoms with van der Waals surface area (Å²) in [4.78, 5) is 4.65. The van der Waals surface area contributed by atoms with Gasteiger partial charge in [0.15, 0.2) is 0 Å². The van der Waals surface area contributed by atoms with Crippen LogP contribution < -0.4 is 4.74 Å². The van der Waals surface area contributed by atoms with Gasteiger partial charge in [-0.05, 0) is 44.2 Å². The molecule has 1 aliphatic heterocycles. The molecule has 158 valence electrons. The molecule has 0 radical (unpaired) electrons. The van der Waals surface area contributed by atoms with Gasteiger partial charge in [-0.2, -0.15) is 0 Å². The van der Waals surface area contributed by atoms with Crippen LogP contribution in [0.4, 0.5) is 4.39 Å². The highest BCUT2D eigenvalue weighted by atomic mass is 19.1.